The summed E-state index contributed by atoms with van der Waals surface area (Å²) in [5.41, 5.74) is 3.44. The number of benzene rings is 3. The zero-order valence-corrected chi connectivity index (χ0v) is 21.4. The molecule has 6 nitrogen and oxygen atoms in total. The van der Waals surface area contributed by atoms with E-state index in [2.05, 4.69) is 16.3 Å². The van der Waals surface area contributed by atoms with E-state index in [1.165, 1.54) is 42.7 Å². The number of nitrogens with zero attached hydrogens (tertiary/aromatic N) is 2. The lowest BCUT2D eigenvalue weighted by atomic mass is 10.1. The molecule has 0 radical (unpaired) electrons. The van der Waals surface area contributed by atoms with E-state index in [4.69, 9.17) is 11.6 Å². The average Bonchev–Trinajstić information content (AvgIpc) is 3.36. The highest BCUT2D eigenvalue weighted by Gasteiger charge is 2.28. The smallest absolute Gasteiger partial charge is 0.264 e. The number of amides is 1. The van der Waals surface area contributed by atoms with Crippen molar-refractivity contribution in [2.24, 2.45) is 0 Å². The lowest BCUT2D eigenvalue weighted by Crippen LogP contribution is -2.41. The van der Waals surface area contributed by atoms with Gasteiger partial charge in [0.2, 0.25) is 5.91 Å². The van der Waals surface area contributed by atoms with Crippen LogP contribution in [0.5, 0.6) is 0 Å². The number of rotatable bonds is 9. The number of likely N-dealkylation sites (tertiary alicyclic amines) is 1. The molecule has 1 amide bonds. The van der Waals surface area contributed by atoms with Gasteiger partial charge in [-0.15, -0.1) is 0 Å². The highest BCUT2D eigenvalue weighted by Crippen LogP contribution is 2.27. The second-order valence-electron chi connectivity index (χ2n) is 8.78. The van der Waals surface area contributed by atoms with Crippen molar-refractivity contribution in [2.75, 3.05) is 23.9 Å². The molecule has 1 N–H and O–H groups in total. The summed E-state index contributed by atoms with van der Waals surface area (Å²) in [6.07, 6.45) is 2.44. The highest BCUT2D eigenvalue weighted by molar-refractivity contribution is 7.92. The van der Waals surface area contributed by atoms with Crippen molar-refractivity contribution in [2.45, 2.75) is 37.8 Å². The average molecular weight is 512 g/mol. The van der Waals surface area contributed by atoms with Gasteiger partial charge < -0.3 is 5.32 Å². The van der Waals surface area contributed by atoms with Crippen molar-refractivity contribution >= 4 is 33.2 Å². The zero-order chi connectivity index (χ0) is 24.8. The molecule has 3 aromatic carbocycles. The minimum absolute atomic E-state index is 0.0777. The summed E-state index contributed by atoms with van der Waals surface area (Å²) in [4.78, 5) is 15.5. The summed E-state index contributed by atoms with van der Waals surface area (Å²) in [5, 5.41) is 3.37. The van der Waals surface area contributed by atoms with Crippen LogP contribution in [-0.2, 0) is 27.9 Å². The Kier molecular flexibility index (Phi) is 8.11. The normalized spacial score (nSPS) is 14.1. The SMILES string of the molecule is Cc1ccccc1N(CC(=O)NCc1ccccc1CN1CCCC1)S(=O)(=O)c1ccc(Cl)cc1. The first kappa shape index (κ1) is 25.2. The quantitative estimate of drug-likeness (QED) is 0.450. The molecule has 0 saturated carbocycles. The van der Waals surface area contributed by atoms with Gasteiger partial charge in [-0.25, -0.2) is 8.42 Å². The van der Waals surface area contributed by atoms with Gasteiger partial charge in [-0.2, -0.15) is 0 Å². The van der Waals surface area contributed by atoms with E-state index in [9.17, 15) is 13.2 Å². The molecule has 184 valence electrons. The van der Waals surface area contributed by atoms with Crippen LogP contribution in [0.3, 0.4) is 0 Å². The number of hydrogen-bond donors (Lipinski definition) is 1. The molecule has 0 bridgehead atoms. The molecule has 35 heavy (non-hydrogen) atoms. The number of nitrogens with one attached hydrogen (secondary N) is 1. The van der Waals surface area contributed by atoms with Crippen LogP contribution in [0.4, 0.5) is 5.69 Å². The topological polar surface area (TPSA) is 69.7 Å². The van der Waals surface area contributed by atoms with Gasteiger partial charge >= 0.3 is 0 Å². The van der Waals surface area contributed by atoms with Gasteiger partial charge in [-0.3, -0.25) is 14.0 Å². The first-order valence-corrected chi connectivity index (χ1v) is 13.6. The second kappa shape index (κ2) is 11.2. The van der Waals surface area contributed by atoms with Crippen molar-refractivity contribution in [3.63, 3.8) is 0 Å². The fourth-order valence-electron chi connectivity index (χ4n) is 4.32. The number of para-hydroxylation sites is 1. The number of carbonyl (C=O) groups is 1. The summed E-state index contributed by atoms with van der Waals surface area (Å²) in [5.74, 6) is -0.373. The second-order valence-corrected chi connectivity index (χ2v) is 11.1. The van der Waals surface area contributed by atoms with E-state index < -0.39 is 10.0 Å². The summed E-state index contributed by atoms with van der Waals surface area (Å²) in [6, 6.07) is 21.2. The van der Waals surface area contributed by atoms with E-state index in [0.29, 0.717) is 17.3 Å². The first-order chi connectivity index (χ1) is 16.8. The van der Waals surface area contributed by atoms with Crippen LogP contribution < -0.4 is 9.62 Å². The van der Waals surface area contributed by atoms with Gasteiger partial charge in [0.15, 0.2) is 0 Å². The Morgan fingerprint density at radius 2 is 1.57 bits per heavy atom. The van der Waals surface area contributed by atoms with Crippen molar-refractivity contribution in [3.8, 4) is 0 Å². The van der Waals surface area contributed by atoms with Crippen molar-refractivity contribution < 1.29 is 13.2 Å². The van der Waals surface area contributed by atoms with Gasteiger partial charge in [-0.1, -0.05) is 54.1 Å². The Labute approximate surface area is 212 Å². The van der Waals surface area contributed by atoms with E-state index in [-0.39, 0.29) is 17.3 Å². The van der Waals surface area contributed by atoms with Crippen LogP contribution in [0.15, 0.2) is 77.7 Å². The predicted octanol–water partition coefficient (Wildman–Crippen LogP) is 4.76. The summed E-state index contributed by atoms with van der Waals surface area (Å²) >= 11 is 5.96. The van der Waals surface area contributed by atoms with E-state index in [1.807, 2.05) is 37.3 Å². The summed E-state index contributed by atoms with van der Waals surface area (Å²) < 4.78 is 28.3. The van der Waals surface area contributed by atoms with Gasteiger partial charge in [0.25, 0.3) is 10.0 Å². The molecule has 1 saturated heterocycles. The summed E-state index contributed by atoms with van der Waals surface area (Å²) in [6.45, 7) is 4.87. The number of aryl methyl sites for hydroxylation is 1. The van der Waals surface area contributed by atoms with E-state index >= 15 is 0 Å². The first-order valence-electron chi connectivity index (χ1n) is 11.7. The molecule has 0 unspecified atom stereocenters. The Balaban J connectivity index is 1.53. The molecule has 0 atom stereocenters. The third kappa shape index (κ3) is 6.23. The lowest BCUT2D eigenvalue weighted by Gasteiger charge is -2.26. The minimum atomic E-state index is -3.99. The molecule has 1 aliphatic rings. The van der Waals surface area contributed by atoms with Crippen molar-refractivity contribution in [1.29, 1.82) is 0 Å². The molecular weight excluding hydrogens is 482 g/mol. The molecule has 1 fully saturated rings. The Hall–Kier alpha value is -2.87. The lowest BCUT2D eigenvalue weighted by molar-refractivity contribution is -0.119. The standard InChI is InChI=1S/C27H30ClN3O3S/c1-21-8-2-5-11-26(21)31(35(33,34)25-14-12-24(28)13-15-25)20-27(32)29-18-22-9-3-4-10-23(22)19-30-16-6-7-17-30/h2-5,8-15H,6-7,16-20H2,1H3,(H,29,32). The third-order valence-electron chi connectivity index (χ3n) is 6.26. The molecule has 1 heterocycles. The summed E-state index contributed by atoms with van der Waals surface area (Å²) in [7, 11) is -3.99. The number of carbonyl (C=O) groups excluding carboxylic acids is 1. The molecule has 1 aliphatic heterocycles. The maximum atomic E-state index is 13.6. The van der Waals surface area contributed by atoms with Gasteiger partial charge in [0.05, 0.1) is 10.6 Å². The van der Waals surface area contributed by atoms with Crippen LogP contribution in [0.2, 0.25) is 5.02 Å². The van der Waals surface area contributed by atoms with Crippen molar-refractivity contribution in [1.82, 2.24) is 10.2 Å². The molecule has 0 aliphatic carbocycles. The monoisotopic (exact) mass is 511 g/mol. The third-order valence-corrected chi connectivity index (χ3v) is 8.29. The molecular formula is C27H30ClN3O3S. The highest BCUT2D eigenvalue weighted by atomic mass is 35.5. The van der Waals surface area contributed by atoms with E-state index in [0.717, 1.165) is 35.1 Å². The van der Waals surface area contributed by atoms with Crippen LogP contribution in [0, 0.1) is 6.92 Å². The largest absolute Gasteiger partial charge is 0.350 e. The maximum absolute atomic E-state index is 13.6. The fourth-order valence-corrected chi connectivity index (χ4v) is 5.93. The Morgan fingerprint density at radius 3 is 2.26 bits per heavy atom. The molecule has 0 spiro atoms. The van der Waals surface area contributed by atoms with Gasteiger partial charge in [-0.05, 0) is 79.9 Å². The van der Waals surface area contributed by atoms with E-state index in [1.54, 1.807) is 12.1 Å². The van der Waals surface area contributed by atoms with Crippen LogP contribution in [0.25, 0.3) is 0 Å². The number of sulfonamides is 1. The van der Waals surface area contributed by atoms with Crippen LogP contribution in [-0.4, -0.2) is 38.9 Å². The fraction of sp³-hybridized carbons (Fsp3) is 0.296. The van der Waals surface area contributed by atoms with Crippen molar-refractivity contribution in [3.05, 3.63) is 94.5 Å². The van der Waals surface area contributed by atoms with Crippen LogP contribution >= 0.6 is 11.6 Å². The number of anilines is 1. The maximum Gasteiger partial charge on any atom is 0.264 e. The van der Waals surface area contributed by atoms with Gasteiger partial charge in [0.1, 0.15) is 6.54 Å². The van der Waals surface area contributed by atoms with Crippen LogP contribution in [0.1, 0.15) is 29.5 Å². The molecule has 0 aromatic heterocycles. The van der Waals surface area contributed by atoms with Gasteiger partial charge in [0, 0.05) is 18.1 Å². The zero-order valence-electron chi connectivity index (χ0n) is 19.8. The minimum Gasteiger partial charge on any atom is -0.350 e. The Bertz CT molecular complexity index is 1270. The number of halogens is 1. The predicted molar refractivity (Wildman–Crippen MR) is 140 cm³/mol. The molecule has 4 rings (SSSR count). The number of hydrogen-bond acceptors (Lipinski definition) is 4. The Morgan fingerprint density at radius 1 is 0.943 bits per heavy atom. The molecule has 8 heteroatoms. The molecule has 3 aromatic rings.